The maximum absolute atomic E-state index is 13.0. The third kappa shape index (κ3) is 4.71. The molecule has 150 valence electrons. The Morgan fingerprint density at radius 2 is 1.76 bits per heavy atom. The number of amides is 2. The fourth-order valence-electron chi connectivity index (χ4n) is 3.03. The molecule has 6 nitrogen and oxygen atoms in total. The van der Waals surface area contributed by atoms with E-state index >= 15 is 0 Å². The van der Waals surface area contributed by atoms with Gasteiger partial charge in [-0.05, 0) is 38.0 Å². The summed E-state index contributed by atoms with van der Waals surface area (Å²) in [6, 6.07) is 16.8. The molecule has 2 amide bonds. The van der Waals surface area contributed by atoms with Crippen molar-refractivity contribution in [3.8, 4) is 16.9 Å². The van der Waals surface area contributed by atoms with Gasteiger partial charge < -0.3 is 10.6 Å². The summed E-state index contributed by atoms with van der Waals surface area (Å²) in [7, 11) is 0. The van der Waals surface area contributed by atoms with Crippen molar-refractivity contribution in [1.82, 2.24) is 20.4 Å². The number of nitrogens with one attached hydrogen (secondary N) is 2. The summed E-state index contributed by atoms with van der Waals surface area (Å²) in [6.07, 6.45) is 2.55. The first-order chi connectivity index (χ1) is 14.0. The van der Waals surface area contributed by atoms with Crippen molar-refractivity contribution >= 4 is 11.8 Å². The molecule has 2 N–H and O–H groups in total. The molecule has 0 spiro atoms. The van der Waals surface area contributed by atoms with Gasteiger partial charge in [-0.25, -0.2) is 4.68 Å². The molecule has 0 aliphatic rings. The Kier molecular flexibility index (Phi) is 6.44. The Labute approximate surface area is 170 Å². The molecule has 0 unspecified atom stereocenters. The molecule has 0 saturated heterocycles. The Hall–Kier alpha value is -3.41. The molecule has 2 aromatic carbocycles. The number of rotatable bonds is 7. The van der Waals surface area contributed by atoms with Crippen molar-refractivity contribution in [3.05, 3.63) is 71.9 Å². The van der Waals surface area contributed by atoms with E-state index in [0.717, 1.165) is 23.2 Å². The smallest absolute Gasteiger partial charge is 0.255 e. The molecule has 6 heteroatoms. The topological polar surface area (TPSA) is 76.0 Å². The van der Waals surface area contributed by atoms with Crippen molar-refractivity contribution in [3.63, 3.8) is 0 Å². The second kappa shape index (κ2) is 9.19. The van der Waals surface area contributed by atoms with E-state index < -0.39 is 6.04 Å². The quantitative estimate of drug-likeness (QED) is 0.648. The van der Waals surface area contributed by atoms with Crippen molar-refractivity contribution in [2.45, 2.75) is 33.2 Å². The first kappa shape index (κ1) is 20.3. The van der Waals surface area contributed by atoms with E-state index in [-0.39, 0.29) is 11.8 Å². The zero-order valence-electron chi connectivity index (χ0n) is 17.0. The standard InChI is InChI=1S/C23H26N4O2/c1-4-14-24-22(28)17(3)25-23(29)20-15-27(18-11-6-5-7-12-18)26-21(20)19-13-9-8-10-16(19)2/h5-13,15,17H,4,14H2,1-3H3,(H,24,28)(H,25,29)/t17-/m1/s1. The monoisotopic (exact) mass is 390 g/mol. The minimum atomic E-state index is -0.640. The molecule has 0 aliphatic heterocycles. The number of carbonyl (C=O) groups is 2. The minimum absolute atomic E-state index is 0.201. The number of benzene rings is 2. The van der Waals surface area contributed by atoms with E-state index in [0.29, 0.717) is 17.8 Å². The van der Waals surface area contributed by atoms with Crippen LogP contribution in [-0.2, 0) is 4.79 Å². The van der Waals surface area contributed by atoms with Crippen LogP contribution < -0.4 is 10.6 Å². The highest BCUT2D eigenvalue weighted by molar-refractivity contribution is 6.02. The highest BCUT2D eigenvalue weighted by Gasteiger charge is 2.23. The van der Waals surface area contributed by atoms with Crippen LogP contribution in [-0.4, -0.2) is 34.2 Å². The van der Waals surface area contributed by atoms with Gasteiger partial charge in [-0.15, -0.1) is 0 Å². The van der Waals surface area contributed by atoms with Gasteiger partial charge in [0.2, 0.25) is 5.91 Å². The lowest BCUT2D eigenvalue weighted by Gasteiger charge is -2.14. The molecule has 0 aliphatic carbocycles. The summed E-state index contributed by atoms with van der Waals surface area (Å²) < 4.78 is 1.69. The van der Waals surface area contributed by atoms with Gasteiger partial charge in [0.25, 0.3) is 5.91 Å². The van der Waals surface area contributed by atoms with Gasteiger partial charge in [0.05, 0.1) is 11.3 Å². The van der Waals surface area contributed by atoms with Crippen molar-refractivity contribution < 1.29 is 9.59 Å². The fourth-order valence-corrected chi connectivity index (χ4v) is 3.03. The predicted molar refractivity (Wildman–Crippen MR) is 114 cm³/mol. The predicted octanol–water partition coefficient (Wildman–Crippen LogP) is 3.49. The number of aromatic nitrogens is 2. The summed E-state index contributed by atoms with van der Waals surface area (Å²) in [4.78, 5) is 25.2. The van der Waals surface area contributed by atoms with Gasteiger partial charge in [0, 0.05) is 18.3 Å². The molecule has 29 heavy (non-hydrogen) atoms. The zero-order chi connectivity index (χ0) is 20.8. The highest BCUT2D eigenvalue weighted by Crippen LogP contribution is 2.26. The van der Waals surface area contributed by atoms with E-state index in [9.17, 15) is 9.59 Å². The molecule has 0 radical (unpaired) electrons. The largest absolute Gasteiger partial charge is 0.354 e. The Morgan fingerprint density at radius 1 is 1.07 bits per heavy atom. The van der Waals surface area contributed by atoms with Crippen LogP contribution in [0.1, 0.15) is 36.2 Å². The molecule has 1 aromatic heterocycles. The molecule has 3 rings (SSSR count). The van der Waals surface area contributed by atoms with Gasteiger partial charge in [-0.2, -0.15) is 5.10 Å². The normalized spacial score (nSPS) is 11.7. The molecule has 0 fully saturated rings. The lowest BCUT2D eigenvalue weighted by atomic mass is 10.0. The SMILES string of the molecule is CCCNC(=O)[C@@H](C)NC(=O)c1cn(-c2ccccc2)nc1-c1ccccc1C. The van der Waals surface area contributed by atoms with Crippen molar-refractivity contribution in [2.24, 2.45) is 0 Å². The molecule has 0 saturated carbocycles. The van der Waals surface area contributed by atoms with Crippen LogP contribution in [0, 0.1) is 6.92 Å². The Morgan fingerprint density at radius 3 is 2.45 bits per heavy atom. The van der Waals surface area contributed by atoms with E-state index in [2.05, 4.69) is 15.7 Å². The lowest BCUT2D eigenvalue weighted by molar-refractivity contribution is -0.122. The number of hydrogen-bond acceptors (Lipinski definition) is 3. The van der Waals surface area contributed by atoms with Crippen LogP contribution in [0.25, 0.3) is 16.9 Å². The molecular weight excluding hydrogens is 364 g/mol. The first-order valence-electron chi connectivity index (χ1n) is 9.81. The summed E-state index contributed by atoms with van der Waals surface area (Å²) in [5.41, 5.74) is 3.78. The van der Waals surface area contributed by atoms with Gasteiger partial charge in [0.15, 0.2) is 0 Å². The van der Waals surface area contributed by atoms with Crippen LogP contribution in [0.2, 0.25) is 0 Å². The first-order valence-corrected chi connectivity index (χ1v) is 9.81. The van der Waals surface area contributed by atoms with E-state index in [1.807, 2.05) is 68.4 Å². The van der Waals surface area contributed by atoms with Crippen LogP contribution in [0.4, 0.5) is 0 Å². The lowest BCUT2D eigenvalue weighted by Crippen LogP contribution is -2.45. The second-order valence-electron chi connectivity index (χ2n) is 6.97. The molecule has 3 aromatic rings. The summed E-state index contributed by atoms with van der Waals surface area (Å²) in [6.45, 7) is 6.23. The average Bonchev–Trinajstić information content (AvgIpc) is 3.18. The van der Waals surface area contributed by atoms with Gasteiger partial charge in [-0.1, -0.05) is 49.4 Å². The van der Waals surface area contributed by atoms with Crippen LogP contribution >= 0.6 is 0 Å². The summed E-state index contributed by atoms with van der Waals surface area (Å²) in [5.74, 6) is -0.530. The van der Waals surface area contributed by atoms with Crippen molar-refractivity contribution in [2.75, 3.05) is 6.54 Å². The summed E-state index contributed by atoms with van der Waals surface area (Å²) in [5, 5.41) is 10.3. The number of hydrogen-bond donors (Lipinski definition) is 2. The zero-order valence-corrected chi connectivity index (χ0v) is 17.0. The molecule has 1 heterocycles. The number of aryl methyl sites for hydroxylation is 1. The summed E-state index contributed by atoms with van der Waals surface area (Å²) >= 11 is 0. The van der Waals surface area contributed by atoms with Crippen molar-refractivity contribution in [1.29, 1.82) is 0 Å². The van der Waals surface area contributed by atoms with Crippen LogP contribution in [0.3, 0.4) is 0 Å². The van der Waals surface area contributed by atoms with E-state index in [1.165, 1.54) is 0 Å². The second-order valence-corrected chi connectivity index (χ2v) is 6.97. The average molecular weight is 390 g/mol. The minimum Gasteiger partial charge on any atom is -0.354 e. The maximum atomic E-state index is 13.0. The third-order valence-electron chi connectivity index (χ3n) is 4.67. The number of para-hydroxylation sites is 1. The third-order valence-corrected chi connectivity index (χ3v) is 4.67. The maximum Gasteiger partial charge on any atom is 0.255 e. The molecule has 1 atom stereocenters. The Bertz CT molecular complexity index is 995. The van der Waals surface area contributed by atoms with Gasteiger partial charge in [-0.3, -0.25) is 9.59 Å². The van der Waals surface area contributed by atoms with E-state index in [1.54, 1.807) is 17.8 Å². The molecule has 0 bridgehead atoms. The Balaban J connectivity index is 1.96. The highest BCUT2D eigenvalue weighted by atomic mass is 16.2. The molecular formula is C23H26N4O2. The fraction of sp³-hybridized carbons (Fsp3) is 0.261. The van der Waals surface area contributed by atoms with Gasteiger partial charge in [0.1, 0.15) is 11.7 Å². The van der Waals surface area contributed by atoms with Crippen LogP contribution in [0.5, 0.6) is 0 Å². The van der Waals surface area contributed by atoms with Gasteiger partial charge >= 0.3 is 0 Å². The van der Waals surface area contributed by atoms with Crippen LogP contribution in [0.15, 0.2) is 60.8 Å². The van der Waals surface area contributed by atoms with E-state index in [4.69, 9.17) is 0 Å². The number of carbonyl (C=O) groups excluding carboxylic acids is 2. The number of nitrogens with zero attached hydrogens (tertiary/aromatic N) is 2.